The molecule has 0 aliphatic carbocycles. The molecule has 116 valence electrons. The average molecular weight is 305 g/mol. The van der Waals surface area contributed by atoms with E-state index in [4.69, 9.17) is 8.85 Å². The molecule has 0 aromatic rings. The van der Waals surface area contributed by atoms with Crippen LogP contribution >= 0.6 is 0 Å². The Morgan fingerprint density at radius 1 is 0.684 bits per heavy atom. The van der Waals surface area contributed by atoms with Gasteiger partial charge in [-0.2, -0.15) is 0 Å². The highest BCUT2D eigenvalue weighted by Crippen LogP contribution is 2.36. The van der Waals surface area contributed by atoms with Gasteiger partial charge in [-0.05, 0) is 50.6 Å². The van der Waals surface area contributed by atoms with Crippen LogP contribution in [0.3, 0.4) is 0 Å². The molecule has 0 fully saturated rings. The highest BCUT2D eigenvalue weighted by Gasteiger charge is 2.36. The molecule has 0 spiro atoms. The highest BCUT2D eigenvalue weighted by molar-refractivity contribution is 6.74. The number of rotatable bonds is 9. The SMILES string of the molecule is CC(C)(C)[Si](C)(C)OCCCCCCO[Si](C)(C)C. The Bertz CT molecular complexity index is 240. The van der Waals surface area contributed by atoms with Crippen molar-refractivity contribution in [3.8, 4) is 0 Å². The third-order valence-electron chi connectivity index (χ3n) is 3.84. The lowest BCUT2D eigenvalue weighted by Crippen LogP contribution is -2.40. The maximum Gasteiger partial charge on any atom is 0.191 e. The summed E-state index contributed by atoms with van der Waals surface area (Å²) in [5.74, 6) is 0. The maximum absolute atomic E-state index is 6.17. The molecule has 0 N–H and O–H groups in total. The molecule has 0 heterocycles. The largest absolute Gasteiger partial charge is 0.418 e. The molecule has 0 aliphatic rings. The van der Waals surface area contributed by atoms with Crippen molar-refractivity contribution in [2.45, 2.75) is 84.2 Å². The van der Waals surface area contributed by atoms with Gasteiger partial charge in [0.25, 0.3) is 0 Å². The van der Waals surface area contributed by atoms with Crippen LogP contribution in [0.2, 0.25) is 37.8 Å². The zero-order chi connectivity index (χ0) is 15.2. The van der Waals surface area contributed by atoms with E-state index in [0.717, 1.165) is 13.2 Å². The van der Waals surface area contributed by atoms with Gasteiger partial charge in [-0.25, -0.2) is 0 Å². The van der Waals surface area contributed by atoms with E-state index in [9.17, 15) is 0 Å². The predicted octanol–water partition coefficient (Wildman–Crippen LogP) is 5.42. The highest BCUT2D eigenvalue weighted by atomic mass is 28.4. The number of unbranched alkanes of at least 4 members (excludes halogenated alkanes) is 3. The third-order valence-corrected chi connectivity index (χ3v) is 9.45. The standard InChI is InChI=1S/C15H36O2Si2/c1-15(2,3)19(7,8)17-14-12-10-9-11-13-16-18(4,5)6/h9-14H2,1-8H3. The Hall–Kier alpha value is 0.354. The quantitative estimate of drug-likeness (QED) is 0.418. The lowest BCUT2D eigenvalue weighted by Gasteiger charge is -2.36. The molecule has 0 aromatic heterocycles. The fraction of sp³-hybridized carbons (Fsp3) is 1.00. The van der Waals surface area contributed by atoms with E-state index < -0.39 is 16.6 Å². The second-order valence-electron chi connectivity index (χ2n) is 7.98. The molecule has 4 heteroatoms. The van der Waals surface area contributed by atoms with Crippen molar-refractivity contribution in [2.75, 3.05) is 13.2 Å². The van der Waals surface area contributed by atoms with Gasteiger partial charge in [0.05, 0.1) is 0 Å². The third kappa shape index (κ3) is 9.82. The fourth-order valence-corrected chi connectivity index (χ4v) is 3.32. The van der Waals surface area contributed by atoms with Gasteiger partial charge >= 0.3 is 0 Å². The van der Waals surface area contributed by atoms with Gasteiger partial charge in [0.2, 0.25) is 0 Å². The molecule has 0 saturated carbocycles. The number of hydrogen-bond donors (Lipinski definition) is 0. The summed E-state index contributed by atoms with van der Waals surface area (Å²) in [6.45, 7) is 20.2. The predicted molar refractivity (Wildman–Crippen MR) is 90.9 cm³/mol. The van der Waals surface area contributed by atoms with E-state index in [0.29, 0.717) is 5.04 Å². The van der Waals surface area contributed by atoms with E-state index in [-0.39, 0.29) is 0 Å². The van der Waals surface area contributed by atoms with Crippen molar-refractivity contribution in [1.82, 2.24) is 0 Å². The molecule has 0 bridgehead atoms. The van der Waals surface area contributed by atoms with Crippen LogP contribution < -0.4 is 0 Å². The first-order valence-electron chi connectivity index (χ1n) is 7.74. The summed E-state index contributed by atoms with van der Waals surface area (Å²) in [4.78, 5) is 0. The van der Waals surface area contributed by atoms with Crippen molar-refractivity contribution in [3.63, 3.8) is 0 Å². The normalized spacial score (nSPS) is 13.9. The van der Waals surface area contributed by atoms with Crippen molar-refractivity contribution in [2.24, 2.45) is 0 Å². The first-order chi connectivity index (χ1) is 8.46. The van der Waals surface area contributed by atoms with Gasteiger partial charge in [-0.15, -0.1) is 0 Å². The summed E-state index contributed by atoms with van der Waals surface area (Å²) < 4.78 is 12.0. The van der Waals surface area contributed by atoms with Crippen molar-refractivity contribution < 1.29 is 8.85 Å². The molecule has 0 aliphatic heterocycles. The minimum absolute atomic E-state index is 0.332. The Morgan fingerprint density at radius 3 is 1.47 bits per heavy atom. The van der Waals surface area contributed by atoms with E-state index >= 15 is 0 Å². The van der Waals surface area contributed by atoms with E-state index in [1.807, 2.05) is 0 Å². The van der Waals surface area contributed by atoms with Gasteiger partial charge in [-0.3, -0.25) is 0 Å². The molecule has 0 unspecified atom stereocenters. The Balaban J connectivity index is 3.52. The Labute approximate surface area is 123 Å². The second-order valence-corrected chi connectivity index (χ2v) is 17.3. The smallest absolute Gasteiger partial charge is 0.191 e. The first kappa shape index (κ1) is 19.4. The van der Waals surface area contributed by atoms with Crippen molar-refractivity contribution in [3.05, 3.63) is 0 Å². The molecular formula is C15H36O2Si2. The zero-order valence-corrected chi connectivity index (χ0v) is 16.6. The summed E-state index contributed by atoms with van der Waals surface area (Å²) in [6.07, 6.45) is 4.93. The summed E-state index contributed by atoms with van der Waals surface area (Å²) in [6, 6.07) is 0. The molecule has 0 aromatic carbocycles. The molecular weight excluding hydrogens is 268 g/mol. The Kier molecular flexibility index (Phi) is 8.11. The van der Waals surface area contributed by atoms with Crippen LogP contribution in [0.4, 0.5) is 0 Å². The van der Waals surface area contributed by atoms with Crippen LogP contribution in [0.5, 0.6) is 0 Å². The fourth-order valence-electron chi connectivity index (χ4n) is 1.48. The summed E-state index contributed by atoms with van der Waals surface area (Å²) in [5, 5.41) is 0.332. The molecule has 0 rings (SSSR count). The molecule has 2 nitrogen and oxygen atoms in total. The molecule has 0 saturated heterocycles. The van der Waals surface area contributed by atoms with Gasteiger partial charge < -0.3 is 8.85 Å². The molecule has 19 heavy (non-hydrogen) atoms. The lowest BCUT2D eigenvalue weighted by molar-refractivity contribution is 0.269. The van der Waals surface area contributed by atoms with Crippen LogP contribution in [0.15, 0.2) is 0 Å². The van der Waals surface area contributed by atoms with E-state index in [2.05, 4.69) is 53.5 Å². The Morgan fingerprint density at radius 2 is 1.11 bits per heavy atom. The average Bonchev–Trinajstić information content (AvgIpc) is 2.18. The van der Waals surface area contributed by atoms with Crippen LogP contribution in [0, 0.1) is 0 Å². The van der Waals surface area contributed by atoms with Crippen LogP contribution in [-0.4, -0.2) is 29.8 Å². The van der Waals surface area contributed by atoms with Gasteiger partial charge in [0.15, 0.2) is 16.6 Å². The molecule has 0 amide bonds. The molecule has 0 atom stereocenters. The van der Waals surface area contributed by atoms with Crippen LogP contribution in [0.25, 0.3) is 0 Å². The first-order valence-corrected chi connectivity index (χ1v) is 14.1. The monoisotopic (exact) mass is 304 g/mol. The minimum Gasteiger partial charge on any atom is -0.418 e. The second kappa shape index (κ2) is 7.96. The van der Waals surface area contributed by atoms with E-state index in [1.165, 1.54) is 25.7 Å². The summed E-state index contributed by atoms with van der Waals surface area (Å²) in [5.41, 5.74) is 0. The van der Waals surface area contributed by atoms with Crippen molar-refractivity contribution in [1.29, 1.82) is 0 Å². The van der Waals surface area contributed by atoms with Gasteiger partial charge in [-0.1, -0.05) is 33.6 Å². The van der Waals surface area contributed by atoms with E-state index in [1.54, 1.807) is 0 Å². The maximum atomic E-state index is 6.17. The van der Waals surface area contributed by atoms with Crippen molar-refractivity contribution >= 4 is 16.6 Å². The lowest BCUT2D eigenvalue weighted by atomic mass is 10.2. The number of hydrogen-bond acceptors (Lipinski definition) is 2. The minimum atomic E-state index is -1.52. The van der Waals surface area contributed by atoms with Crippen LogP contribution in [-0.2, 0) is 8.85 Å². The molecule has 0 radical (unpaired) electrons. The topological polar surface area (TPSA) is 18.5 Å². The summed E-state index contributed by atoms with van der Waals surface area (Å²) >= 11 is 0. The summed E-state index contributed by atoms with van der Waals surface area (Å²) in [7, 11) is -2.82. The van der Waals surface area contributed by atoms with Gasteiger partial charge in [0.1, 0.15) is 0 Å². The van der Waals surface area contributed by atoms with Gasteiger partial charge in [0, 0.05) is 13.2 Å². The van der Waals surface area contributed by atoms with Crippen LogP contribution in [0.1, 0.15) is 46.5 Å². The zero-order valence-electron chi connectivity index (χ0n) is 14.6.